The minimum Gasteiger partial charge on any atom is -0.463 e. The number of amides is 1. The highest BCUT2D eigenvalue weighted by molar-refractivity contribution is 6.30. The van der Waals surface area contributed by atoms with Crippen LogP contribution < -0.4 is 10.9 Å². The summed E-state index contributed by atoms with van der Waals surface area (Å²) in [5, 5.41) is 12.2. The number of anilines is 1. The summed E-state index contributed by atoms with van der Waals surface area (Å²) < 4.78 is 5.07. The fourth-order valence-corrected chi connectivity index (χ4v) is 1.99. The third kappa shape index (κ3) is 3.61. The van der Waals surface area contributed by atoms with Crippen LogP contribution in [0.3, 0.4) is 0 Å². The predicted molar refractivity (Wildman–Crippen MR) is 89.0 cm³/mol. The number of hydrogen-bond acceptors (Lipinski definition) is 6. The number of halogens is 1. The van der Waals surface area contributed by atoms with E-state index in [0.29, 0.717) is 16.5 Å². The lowest BCUT2D eigenvalue weighted by atomic mass is 10.3. The van der Waals surface area contributed by atoms with Crippen molar-refractivity contribution in [3.63, 3.8) is 0 Å². The molecule has 8 nitrogen and oxygen atoms in total. The summed E-state index contributed by atoms with van der Waals surface area (Å²) in [5.41, 5.74) is 6.83. The number of nitrogens with zero attached hydrogens (tertiary/aromatic N) is 4. The molecule has 1 aromatic carbocycles. The van der Waals surface area contributed by atoms with Gasteiger partial charge in [0.25, 0.3) is 5.91 Å². The van der Waals surface area contributed by atoms with E-state index in [1.54, 1.807) is 43.3 Å². The van der Waals surface area contributed by atoms with Crippen molar-refractivity contribution in [3.8, 4) is 0 Å². The molecule has 0 fully saturated rings. The fourth-order valence-electron chi connectivity index (χ4n) is 1.86. The molecule has 9 heteroatoms. The minimum absolute atomic E-state index is 0.160. The predicted octanol–water partition coefficient (Wildman–Crippen LogP) is 2.47. The molecule has 122 valence electrons. The van der Waals surface area contributed by atoms with Gasteiger partial charge < -0.3 is 4.42 Å². The lowest BCUT2D eigenvalue weighted by Gasteiger charge is -2.07. The van der Waals surface area contributed by atoms with Crippen LogP contribution in [0.25, 0.3) is 0 Å². The van der Waals surface area contributed by atoms with E-state index in [1.807, 2.05) is 0 Å². The Morgan fingerprint density at radius 1 is 1.33 bits per heavy atom. The first-order valence-corrected chi connectivity index (χ1v) is 7.33. The summed E-state index contributed by atoms with van der Waals surface area (Å²) >= 11 is 5.84. The summed E-state index contributed by atoms with van der Waals surface area (Å²) in [4.78, 5) is 13.5. The number of hydrazone groups is 1. The van der Waals surface area contributed by atoms with Gasteiger partial charge in [0.05, 0.1) is 23.9 Å². The summed E-state index contributed by atoms with van der Waals surface area (Å²) in [6.07, 6.45) is 2.91. The fraction of sp³-hybridized carbons (Fsp3) is 0.0667. The normalized spacial score (nSPS) is 10.9. The molecule has 0 saturated heterocycles. The van der Waals surface area contributed by atoms with Crippen LogP contribution in [0.5, 0.6) is 0 Å². The summed E-state index contributed by atoms with van der Waals surface area (Å²) in [6, 6.07) is 10.5. The van der Waals surface area contributed by atoms with E-state index >= 15 is 0 Å². The van der Waals surface area contributed by atoms with Gasteiger partial charge in [-0.25, -0.2) is 5.43 Å². The second-order valence-electron chi connectivity index (χ2n) is 4.77. The highest BCUT2D eigenvalue weighted by Gasteiger charge is 2.16. The molecule has 0 aliphatic carbocycles. The van der Waals surface area contributed by atoms with Crippen LogP contribution in [0.15, 0.2) is 52.2 Å². The number of aromatic nitrogens is 3. The van der Waals surface area contributed by atoms with Gasteiger partial charge in [-0.1, -0.05) is 11.6 Å². The van der Waals surface area contributed by atoms with Gasteiger partial charge in [0.1, 0.15) is 5.76 Å². The van der Waals surface area contributed by atoms with Crippen molar-refractivity contribution in [2.75, 3.05) is 5.43 Å². The second kappa shape index (κ2) is 6.97. The van der Waals surface area contributed by atoms with E-state index in [4.69, 9.17) is 16.0 Å². The number of nitrogens with one attached hydrogen (secondary N) is 2. The maximum atomic E-state index is 12.1. The van der Waals surface area contributed by atoms with Gasteiger partial charge in [0.15, 0.2) is 5.69 Å². The molecule has 2 heterocycles. The third-order valence-corrected chi connectivity index (χ3v) is 3.34. The monoisotopic (exact) mass is 344 g/mol. The van der Waals surface area contributed by atoms with Crippen molar-refractivity contribution in [1.82, 2.24) is 20.5 Å². The lowest BCUT2D eigenvalue weighted by molar-refractivity contribution is 0.0949. The van der Waals surface area contributed by atoms with Gasteiger partial charge in [0.2, 0.25) is 0 Å². The Balaban J connectivity index is 1.67. The van der Waals surface area contributed by atoms with E-state index in [1.165, 1.54) is 17.3 Å². The molecule has 1 amide bonds. The van der Waals surface area contributed by atoms with Gasteiger partial charge in [0, 0.05) is 5.02 Å². The van der Waals surface area contributed by atoms with Crippen molar-refractivity contribution >= 4 is 29.4 Å². The third-order valence-electron chi connectivity index (χ3n) is 3.09. The zero-order valence-electron chi connectivity index (χ0n) is 12.6. The smallest absolute Gasteiger partial charge is 0.293 e. The molecule has 24 heavy (non-hydrogen) atoms. The molecule has 2 aromatic heterocycles. The number of carbonyl (C=O) groups is 1. The quantitative estimate of drug-likeness (QED) is 0.547. The average Bonchev–Trinajstić information content (AvgIpc) is 3.20. The van der Waals surface area contributed by atoms with Crippen LogP contribution in [0.2, 0.25) is 5.02 Å². The van der Waals surface area contributed by atoms with Gasteiger partial charge >= 0.3 is 0 Å². The summed E-state index contributed by atoms with van der Waals surface area (Å²) in [7, 11) is 0. The molecular formula is C15H13ClN6O2. The maximum Gasteiger partial charge on any atom is 0.293 e. The second-order valence-corrected chi connectivity index (χ2v) is 5.20. The molecule has 0 spiro atoms. The van der Waals surface area contributed by atoms with Crippen LogP contribution in [0.1, 0.15) is 21.9 Å². The lowest BCUT2D eigenvalue weighted by Crippen LogP contribution is -2.20. The zero-order valence-corrected chi connectivity index (χ0v) is 13.4. The van der Waals surface area contributed by atoms with E-state index in [-0.39, 0.29) is 5.69 Å². The maximum absolute atomic E-state index is 12.1. The van der Waals surface area contributed by atoms with Gasteiger partial charge in [-0.2, -0.15) is 9.89 Å². The molecular weight excluding hydrogens is 332 g/mol. The topological polar surface area (TPSA) is 97.3 Å². The molecule has 2 N–H and O–H groups in total. The molecule has 0 saturated carbocycles. The standard InChI is InChI=1S/C15H13ClN6O2/c1-10-14(15(23)19-17-9-13-3-2-8-24-13)18-21-22(10)20-12-6-4-11(16)5-7-12/h2-9,20H,1H3,(H,19,23)/b17-9+. The van der Waals surface area contributed by atoms with Gasteiger partial charge in [-0.15, -0.1) is 5.10 Å². The van der Waals surface area contributed by atoms with Gasteiger partial charge in [-0.3, -0.25) is 10.2 Å². The van der Waals surface area contributed by atoms with E-state index in [0.717, 1.165) is 5.69 Å². The molecule has 0 bridgehead atoms. The zero-order chi connectivity index (χ0) is 16.9. The Bertz CT molecular complexity index is 855. The Morgan fingerprint density at radius 2 is 2.12 bits per heavy atom. The molecule has 0 atom stereocenters. The minimum atomic E-state index is -0.473. The Hall–Kier alpha value is -3.13. The average molecular weight is 345 g/mol. The van der Waals surface area contributed by atoms with Crippen LogP contribution in [-0.4, -0.2) is 27.2 Å². The molecule has 3 rings (SSSR count). The van der Waals surface area contributed by atoms with Crippen LogP contribution in [-0.2, 0) is 0 Å². The number of hydrogen-bond donors (Lipinski definition) is 2. The molecule has 0 aliphatic heterocycles. The first-order chi connectivity index (χ1) is 11.6. The molecule has 3 aromatic rings. The Labute approximate surface area is 142 Å². The SMILES string of the molecule is Cc1c(C(=O)N/N=C/c2ccco2)nnn1Nc1ccc(Cl)cc1. The summed E-state index contributed by atoms with van der Waals surface area (Å²) in [5.74, 6) is 0.0551. The van der Waals surface area contributed by atoms with Gasteiger partial charge in [-0.05, 0) is 48.5 Å². The number of furan rings is 1. The summed E-state index contributed by atoms with van der Waals surface area (Å²) in [6.45, 7) is 1.72. The van der Waals surface area contributed by atoms with Crippen molar-refractivity contribution < 1.29 is 9.21 Å². The Kier molecular flexibility index (Phi) is 4.57. The van der Waals surface area contributed by atoms with Crippen molar-refractivity contribution in [2.45, 2.75) is 6.92 Å². The number of benzene rings is 1. The van der Waals surface area contributed by atoms with Crippen molar-refractivity contribution in [3.05, 3.63) is 64.8 Å². The largest absolute Gasteiger partial charge is 0.463 e. The van der Waals surface area contributed by atoms with Crippen molar-refractivity contribution in [2.24, 2.45) is 5.10 Å². The molecule has 0 unspecified atom stereocenters. The van der Waals surface area contributed by atoms with Crippen LogP contribution in [0.4, 0.5) is 5.69 Å². The Morgan fingerprint density at radius 3 is 2.83 bits per heavy atom. The molecule has 0 aliphatic rings. The van der Waals surface area contributed by atoms with E-state index in [2.05, 4.69) is 26.3 Å². The number of rotatable bonds is 5. The first-order valence-electron chi connectivity index (χ1n) is 6.95. The molecule has 0 radical (unpaired) electrons. The van der Waals surface area contributed by atoms with Crippen LogP contribution >= 0.6 is 11.6 Å². The van der Waals surface area contributed by atoms with Crippen molar-refractivity contribution in [1.29, 1.82) is 0 Å². The van der Waals surface area contributed by atoms with Crippen LogP contribution in [0, 0.1) is 6.92 Å². The first kappa shape index (κ1) is 15.8. The highest BCUT2D eigenvalue weighted by Crippen LogP contribution is 2.14. The highest BCUT2D eigenvalue weighted by atomic mass is 35.5. The number of carbonyl (C=O) groups excluding carboxylic acids is 1. The van der Waals surface area contributed by atoms with E-state index < -0.39 is 5.91 Å². The van der Waals surface area contributed by atoms with E-state index in [9.17, 15) is 4.79 Å².